The smallest absolute Gasteiger partial charge is 0.387 e. The quantitative estimate of drug-likeness (QED) is 0.328. The number of nitrogens with zero attached hydrogens (tertiary/aromatic N) is 1. The van der Waals surface area contributed by atoms with Gasteiger partial charge in [-0.05, 0) is 28.7 Å². The first kappa shape index (κ1) is 15.3. The molecule has 0 N–H and O–H groups in total. The maximum Gasteiger partial charge on any atom is 0.387 e. The Bertz CT molecular complexity index is 594. The number of nitro groups is 1. The number of rotatable bonds is 4. The van der Waals surface area contributed by atoms with E-state index in [2.05, 4.69) is 4.74 Å². The van der Waals surface area contributed by atoms with Crippen molar-refractivity contribution in [3.8, 4) is 5.75 Å². The molecule has 0 amide bonds. The van der Waals surface area contributed by atoms with E-state index in [1.54, 1.807) is 0 Å². The van der Waals surface area contributed by atoms with Crippen molar-refractivity contribution in [1.29, 1.82) is 0 Å². The zero-order chi connectivity index (χ0) is 14.1. The van der Waals surface area contributed by atoms with Crippen molar-refractivity contribution in [3.05, 3.63) is 25.8 Å². The molecule has 0 fully saturated rings. The fourth-order valence-corrected chi connectivity index (χ4v) is 2.77. The summed E-state index contributed by atoms with van der Waals surface area (Å²) in [7, 11) is 0.816. The molecule has 0 aromatic heterocycles. The molecule has 18 heavy (non-hydrogen) atoms. The van der Waals surface area contributed by atoms with Gasteiger partial charge in [0.1, 0.15) is 0 Å². The fourth-order valence-electron chi connectivity index (χ4n) is 1.04. The van der Waals surface area contributed by atoms with Gasteiger partial charge in [0.05, 0.1) is 13.4 Å². The zero-order valence-electron chi connectivity index (χ0n) is 8.14. The second-order valence-electron chi connectivity index (χ2n) is 2.83. The highest BCUT2D eigenvalue weighted by molar-refractivity contribution is 14.1. The summed E-state index contributed by atoms with van der Waals surface area (Å²) in [5.74, 6) is -0.709. The Balaban J connectivity index is 3.51. The molecule has 1 aromatic carbocycles. The van der Waals surface area contributed by atoms with Gasteiger partial charge in [0, 0.05) is 16.7 Å². The average molecular weight is 414 g/mol. The molecule has 0 unspecified atom stereocenters. The van der Waals surface area contributed by atoms with E-state index in [0.29, 0.717) is 6.07 Å². The number of hydrogen-bond donors (Lipinski definition) is 0. The number of nitro benzene ring substituents is 1. The second-order valence-corrected chi connectivity index (χ2v) is 6.55. The molecule has 0 aliphatic rings. The molecule has 100 valence electrons. The number of alkyl halides is 2. The minimum atomic E-state index is -4.21. The predicted octanol–water partition coefficient (Wildman–Crippen LogP) is 2.73. The number of ether oxygens (including phenoxy) is 1. The van der Waals surface area contributed by atoms with Crippen LogP contribution < -0.4 is 4.74 Å². The number of hydrogen-bond acceptors (Lipinski definition) is 5. The van der Waals surface area contributed by atoms with Crippen LogP contribution in [0, 0.1) is 13.7 Å². The molecule has 0 atom stereocenters. The van der Waals surface area contributed by atoms with Gasteiger partial charge in [-0.3, -0.25) is 10.1 Å². The normalized spacial score (nSPS) is 11.6. The van der Waals surface area contributed by atoms with Gasteiger partial charge in [-0.15, -0.1) is 0 Å². The highest BCUT2D eigenvalue weighted by Crippen LogP contribution is 2.36. The Labute approximate surface area is 118 Å². The van der Waals surface area contributed by atoms with Crippen LogP contribution in [0.15, 0.2) is 17.0 Å². The fraction of sp³-hybridized carbons (Fsp3) is 0.143. The molecule has 0 aliphatic carbocycles. The average Bonchev–Trinajstić information content (AvgIpc) is 2.17. The van der Waals surface area contributed by atoms with Crippen molar-refractivity contribution in [1.82, 2.24) is 0 Å². The van der Waals surface area contributed by atoms with Crippen molar-refractivity contribution in [2.24, 2.45) is 0 Å². The summed E-state index contributed by atoms with van der Waals surface area (Å²) in [6.07, 6.45) is 0. The monoisotopic (exact) mass is 413 g/mol. The van der Waals surface area contributed by atoms with Gasteiger partial charge < -0.3 is 4.74 Å². The maximum absolute atomic E-state index is 12.1. The van der Waals surface area contributed by atoms with Crippen molar-refractivity contribution in [3.63, 3.8) is 0 Å². The molecular weight excluding hydrogens is 410 g/mol. The Morgan fingerprint density at radius 3 is 2.39 bits per heavy atom. The van der Waals surface area contributed by atoms with Crippen molar-refractivity contribution in [2.75, 3.05) is 0 Å². The van der Waals surface area contributed by atoms with Crippen molar-refractivity contribution >= 4 is 48.0 Å². The SMILES string of the molecule is O=[N+]([O-])c1cc(S(=O)(=O)Cl)cc(I)c1OC(F)F. The molecule has 11 heteroatoms. The van der Waals surface area contributed by atoms with Crippen LogP contribution in [0.5, 0.6) is 5.75 Å². The van der Waals surface area contributed by atoms with Gasteiger partial charge in [-0.25, -0.2) is 8.42 Å². The van der Waals surface area contributed by atoms with E-state index < -0.39 is 36.9 Å². The molecule has 1 rings (SSSR count). The Morgan fingerprint density at radius 1 is 1.44 bits per heavy atom. The van der Waals surface area contributed by atoms with E-state index in [-0.39, 0.29) is 3.57 Å². The molecule has 0 heterocycles. The Morgan fingerprint density at radius 2 is 2.00 bits per heavy atom. The highest BCUT2D eigenvalue weighted by Gasteiger charge is 2.26. The molecule has 0 radical (unpaired) electrons. The largest absolute Gasteiger partial charge is 0.426 e. The second kappa shape index (κ2) is 5.48. The third kappa shape index (κ3) is 3.62. The molecule has 0 saturated heterocycles. The zero-order valence-corrected chi connectivity index (χ0v) is 11.9. The first-order chi connectivity index (χ1) is 8.12. The topological polar surface area (TPSA) is 86.5 Å². The summed E-state index contributed by atoms with van der Waals surface area (Å²) in [6, 6.07) is 1.45. The van der Waals surface area contributed by atoms with E-state index in [0.717, 1.165) is 6.07 Å². The van der Waals surface area contributed by atoms with Crippen LogP contribution in [-0.2, 0) is 9.05 Å². The van der Waals surface area contributed by atoms with Crippen LogP contribution >= 0.6 is 33.3 Å². The van der Waals surface area contributed by atoms with Gasteiger partial charge >= 0.3 is 12.3 Å². The molecule has 6 nitrogen and oxygen atoms in total. The van der Waals surface area contributed by atoms with E-state index in [1.807, 2.05) is 0 Å². The lowest BCUT2D eigenvalue weighted by Gasteiger charge is -2.08. The van der Waals surface area contributed by atoms with Gasteiger partial charge in [0.25, 0.3) is 9.05 Å². The summed E-state index contributed by atoms with van der Waals surface area (Å²) < 4.78 is 50.1. The van der Waals surface area contributed by atoms with Crippen molar-refractivity contribution in [2.45, 2.75) is 11.5 Å². The van der Waals surface area contributed by atoms with E-state index in [1.165, 1.54) is 22.6 Å². The van der Waals surface area contributed by atoms with E-state index in [4.69, 9.17) is 10.7 Å². The van der Waals surface area contributed by atoms with Gasteiger partial charge in [0.15, 0.2) is 0 Å². The Kier molecular flexibility index (Phi) is 4.66. The molecular formula is C7H3ClF2INO5S. The molecule has 0 bridgehead atoms. The van der Waals surface area contributed by atoms with E-state index in [9.17, 15) is 27.3 Å². The van der Waals surface area contributed by atoms with Crippen LogP contribution in [0.25, 0.3) is 0 Å². The lowest BCUT2D eigenvalue weighted by Crippen LogP contribution is -2.07. The summed E-state index contributed by atoms with van der Waals surface area (Å²) in [4.78, 5) is 9.07. The van der Waals surface area contributed by atoms with Crippen LogP contribution in [0.2, 0.25) is 0 Å². The lowest BCUT2D eigenvalue weighted by atomic mass is 10.3. The summed E-state index contributed by atoms with van der Waals surface area (Å²) >= 11 is 1.43. The Hall–Kier alpha value is -0.750. The molecule has 0 spiro atoms. The standard InChI is InChI=1S/C7H3ClF2INO5S/c8-18(15,16)3-1-4(11)6(17-7(9)10)5(2-3)12(13)14/h1-2,7H. The van der Waals surface area contributed by atoms with Gasteiger partial charge in [-0.1, -0.05) is 0 Å². The van der Waals surface area contributed by atoms with Gasteiger partial charge in [-0.2, -0.15) is 8.78 Å². The van der Waals surface area contributed by atoms with Gasteiger partial charge in [0.2, 0.25) is 5.75 Å². The predicted molar refractivity (Wildman–Crippen MR) is 65.5 cm³/mol. The third-order valence-corrected chi connectivity index (χ3v) is 3.82. The first-order valence-electron chi connectivity index (χ1n) is 4.00. The summed E-state index contributed by atoms with van der Waals surface area (Å²) in [6.45, 7) is -3.27. The first-order valence-corrected chi connectivity index (χ1v) is 7.39. The number of halogens is 4. The minimum absolute atomic E-state index is 0.165. The number of benzene rings is 1. The summed E-state index contributed by atoms with van der Waals surface area (Å²) in [5, 5.41) is 10.7. The minimum Gasteiger partial charge on any atom is -0.426 e. The third-order valence-electron chi connectivity index (χ3n) is 1.68. The lowest BCUT2D eigenvalue weighted by molar-refractivity contribution is -0.386. The molecule has 0 aliphatic heterocycles. The maximum atomic E-state index is 12.1. The van der Waals surface area contributed by atoms with Crippen LogP contribution in [0.3, 0.4) is 0 Å². The molecule has 1 aromatic rings. The van der Waals surface area contributed by atoms with Crippen LogP contribution in [-0.4, -0.2) is 20.0 Å². The van der Waals surface area contributed by atoms with E-state index >= 15 is 0 Å². The van der Waals surface area contributed by atoms with Crippen LogP contribution in [0.1, 0.15) is 0 Å². The highest BCUT2D eigenvalue weighted by atomic mass is 127. The van der Waals surface area contributed by atoms with Crippen LogP contribution in [0.4, 0.5) is 14.5 Å². The summed E-state index contributed by atoms with van der Waals surface area (Å²) in [5.41, 5.74) is -0.901. The molecule has 0 saturated carbocycles. The van der Waals surface area contributed by atoms with Crippen molar-refractivity contribution < 1.29 is 26.9 Å².